The summed E-state index contributed by atoms with van der Waals surface area (Å²) in [7, 11) is 0. The van der Waals surface area contributed by atoms with Crippen molar-refractivity contribution in [2.75, 3.05) is 19.7 Å². The molecule has 0 bridgehead atoms. The molecule has 2 heterocycles. The highest BCUT2D eigenvalue weighted by Crippen LogP contribution is 2.32. The van der Waals surface area contributed by atoms with Crippen molar-refractivity contribution in [3.05, 3.63) is 0 Å². The highest BCUT2D eigenvalue weighted by molar-refractivity contribution is 5.93. The lowest BCUT2D eigenvalue weighted by atomic mass is 9.80. The van der Waals surface area contributed by atoms with Crippen molar-refractivity contribution >= 4 is 11.8 Å². The van der Waals surface area contributed by atoms with E-state index in [1.54, 1.807) is 0 Å². The average Bonchev–Trinajstić information content (AvgIpc) is 2.97. The van der Waals surface area contributed by atoms with Gasteiger partial charge < -0.3 is 15.0 Å². The van der Waals surface area contributed by atoms with Crippen molar-refractivity contribution in [2.24, 2.45) is 0 Å². The van der Waals surface area contributed by atoms with E-state index in [0.29, 0.717) is 19.1 Å². The number of rotatable bonds is 3. The molecule has 1 aliphatic carbocycles. The summed E-state index contributed by atoms with van der Waals surface area (Å²) in [6.45, 7) is 2.13. The van der Waals surface area contributed by atoms with Crippen LogP contribution in [0.5, 0.6) is 0 Å². The number of ether oxygens (including phenoxy) is 1. The summed E-state index contributed by atoms with van der Waals surface area (Å²) in [5, 5.41) is 3.04. The Morgan fingerprint density at radius 1 is 1.19 bits per heavy atom. The summed E-state index contributed by atoms with van der Waals surface area (Å²) in [5.41, 5.74) is -0.609. The normalized spacial score (nSPS) is 29.5. The smallest absolute Gasteiger partial charge is 0.248 e. The first-order valence-electron chi connectivity index (χ1n) is 8.42. The summed E-state index contributed by atoms with van der Waals surface area (Å²) < 4.78 is 5.65. The molecule has 5 nitrogen and oxygen atoms in total. The molecule has 2 amide bonds. The number of nitrogens with zero attached hydrogens (tertiary/aromatic N) is 1. The quantitative estimate of drug-likeness (QED) is 0.860. The van der Waals surface area contributed by atoms with Crippen molar-refractivity contribution in [1.29, 1.82) is 0 Å². The van der Waals surface area contributed by atoms with Crippen LogP contribution in [0.3, 0.4) is 0 Å². The van der Waals surface area contributed by atoms with Gasteiger partial charge in [0.2, 0.25) is 11.8 Å². The van der Waals surface area contributed by atoms with Crippen LogP contribution in [0, 0.1) is 0 Å². The molecule has 1 atom stereocenters. The molecule has 3 aliphatic rings. The Bertz CT molecular complexity index is 398. The van der Waals surface area contributed by atoms with Crippen molar-refractivity contribution in [1.82, 2.24) is 10.2 Å². The number of amides is 2. The summed E-state index contributed by atoms with van der Waals surface area (Å²) in [6.07, 6.45) is 8.69. The minimum Gasteiger partial charge on any atom is -0.378 e. The maximum absolute atomic E-state index is 12.9. The Morgan fingerprint density at radius 3 is 2.71 bits per heavy atom. The predicted octanol–water partition coefficient (Wildman–Crippen LogP) is 1.61. The van der Waals surface area contributed by atoms with Crippen molar-refractivity contribution in [3.8, 4) is 0 Å². The van der Waals surface area contributed by atoms with Crippen LogP contribution in [0.25, 0.3) is 0 Å². The van der Waals surface area contributed by atoms with Gasteiger partial charge in [0.1, 0.15) is 5.54 Å². The van der Waals surface area contributed by atoms with Gasteiger partial charge in [0.15, 0.2) is 0 Å². The van der Waals surface area contributed by atoms with E-state index < -0.39 is 5.54 Å². The fourth-order valence-corrected chi connectivity index (χ4v) is 3.90. The van der Waals surface area contributed by atoms with E-state index in [2.05, 4.69) is 5.32 Å². The lowest BCUT2D eigenvalue weighted by Crippen LogP contribution is -2.58. The van der Waals surface area contributed by atoms with E-state index in [4.69, 9.17) is 4.74 Å². The molecule has 21 heavy (non-hydrogen) atoms. The molecular formula is C16H26N2O3. The van der Waals surface area contributed by atoms with E-state index in [-0.39, 0.29) is 11.8 Å². The molecule has 1 N–H and O–H groups in total. The third-order valence-corrected chi connectivity index (χ3v) is 5.14. The summed E-state index contributed by atoms with van der Waals surface area (Å²) in [5.74, 6) is 0.177. The van der Waals surface area contributed by atoms with Gasteiger partial charge in [0.25, 0.3) is 0 Å². The molecule has 118 valence electrons. The molecule has 0 aromatic heterocycles. The molecule has 2 aliphatic heterocycles. The molecule has 1 unspecified atom stereocenters. The van der Waals surface area contributed by atoms with Crippen molar-refractivity contribution in [2.45, 2.75) is 69.4 Å². The van der Waals surface area contributed by atoms with Crippen LogP contribution < -0.4 is 5.32 Å². The van der Waals surface area contributed by atoms with Crippen LogP contribution in [0.4, 0.5) is 0 Å². The Hall–Kier alpha value is -1.10. The highest BCUT2D eigenvalue weighted by atomic mass is 16.5. The number of nitrogens with one attached hydrogen (secondary N) is 1. The van der Waals surface area contributed by atoms with E-state index in [0.717, 1.165) is 58.1 Å². The zero-order valence-corrected chi connectivity index (χ0v) is 12.7. The Morgan fingerprint density at radius 2 is 2.00 bits per heavy atom. The Labute approximate surface area is 126 Å². The van der Waals surface area contributed by atoms with Crippen LogP contribution in [-0.4, -0.2) is 48.1 Å². The van der Waals surface area contributed by atoms with Gasteiger partial charge in [-0.15, -0.1) is 0 Å². The maximum Gasteiger partial charge on any atom is 0.248 e. The fourth-order valence-electron chi connectivity index (χ4n) is 3.90. The summed E-state index contributed by atoms with van der Waals surface area (Å²) >= 11 is 0. The van der Waals surface area contributed by atoms with Crippen molar-refractivity contribution in [3.63, 3.8) is 0 Å². The van der Waals surface area contributed by atoms with Gasteiger partial charge in [-0.1, -0.05) is 19.3 Å². The zero-order valence-electron chi connectivity index (χ0n) is 12.7. The third-order valence-electron chi connectivity index (χ3n) is 5.14. The SMILES string of the molecule is O=C1CCN(CCC2CCCO2)C(=O)C2(CCCCC2)N1. The van der Waals surface area contributed by atoms with Crippen LogP contribution in [0.2, 0.25) is 0 Å². The van der Waals surface area contributed by atoms with Gasteiger partial charge in [0.05, 0.1) is 6.10 Å². The molecule has 5 heteroatoms. The second-order valence-corrected chi connectivity index (χ2v) is 6.66. The van der Waals surface area contributed by atoms with Gasteiger partial charge in [-0.25, -0.2) is 0 Å². The molecular weight excluding hydrogens is 268 g/mol. The van der Waals surface area contributed by atoms with Crippen LogP contribution >= 0.6 is 0 Å². The van der Waals surface area contributed by atoms with Gasteiger partial charge >= 0.3 is 0 Å². The predicted molar refractivity (Wildman–Crippen MR) is 78.7 cm³/mol. The molecule has 3 fully saturated rings. The number of hydrogen-bond donors (Lipinski definition) is 1. The topological polar surface area (TPSA) is 58.6 Å². The zero-order chi connectivity index (χ0) is 14.7. The first-order valence-corrected chi connectivity index (χ1v) is 8.42. The first kappa shape index (κ1) is 14.8. The number of carbonyl (C=O) groups is 2. The lowest BCUT2D eigenvalue weighted by Gasteiger charge is -2.38. The fraction of sp³-hybridized carbons (Fsp3) is 0.875. The van der Waals surface area contributed by atoms with Crippen LogP contribution in [0.15, 0.2) is 0 Å². The monoisotopic (exact) mass is 294 g/mol. The highest BCUT2D eigenvalue weighted by Gasteiger charge is 2.44. The van der Waals surface area contributed by atoms with E-state index in [1.807, 2.05) is 4.90 Å². The van der Waals surface area contributed by atoms with Crippen molar-refractivity contribution < 1.29 is 14.3 Å². The maximum atomic E-state index is 12.9. The Kier molecular flexibility index (Phi) is 4.48. The minimum absolute atomic E-state index is 0.0323. The first-order chi connectivity index (χ1) is 10.2. The summed E-state index contributed by atoms with van der Waals surface area (Å²) in [6, 6.07) is 0. The molecule has 3 rings (SSSR count). The van der Waals surface area contributed by atoms with Crippen LogP contribution in [-0.2, 0) is 14.3 Å². The molecule has 0 aromatic carbocycles. The van der Waals surface area contributed by atoms with Gasteiger partial charge in [-0.2, -0.15) is 0 Å². The number of carbonyl (C=O) groups excluding carboxylic acids is 2. The van der Waals surface area contributed by atoms with Gasteiger partial charge in [-0.3, -0.25) is 9.59 Å². The standard InChI is InChI=1S/C16H26N2O3/c19-14-7-11-18(10-6-13-5-4-12-21-13)15(20)16(17-14)8-2-1-3-9-16/h13H,1-12H2,(H,17,19). The largest absolute Gasteiger partial charge is 0.378 e. The second-order valence-electron chi connectivity index (χ2n) is 6.66. The van der Waals surface area contributed by atoms with E-state index in [1.165, 1.54) is 6.42 Å². The Balaban J connectivity index is 1.67. The van der Waals surface area contributed by atoms with E-state index in [9.17, 15) is 9.59 Å². The third kappa shape index (κ3) is 3.23. The average molecular weight is 294 g/mol. The van der Waals surface area contributed by atoms with Gasteiger partial charge in [-0.05, 0) is 32.1 Å². The lowest BCUT2D eigenvalue weighted by molar-refractivity contribution is -0.140. The number of hydrogen-bond acceptors (Lipinski definition) is 3. The minimum atomic E-state index is -0.609. The summed E-state index contributed by atoms with van der Waals surface area (Å²) in [4.78, 5) is 26.8. The molecule has 1 spiro atoms. The molecule has 1 saturated carbocycles. The molecule has 2 saturated heterocycles. The van der Waals surface area contributed by atoms with E-state index >= 15 is 0 Å². The molecule has 0 radical (unpaired) electrons. The van der Waals surface area contributed by atoms with Gasteiger partial charge in [0, 0.05) is 26.1 Å². The van der Waals surface area contributed by atoms with Crippen LogP contribution in [0.1, 0.15) is 57.8 Å². The second kappa shape index (κ2) is 6.34. The molecule has 0 aromatic rings.